The molecule has 61 heavy (non-hydrogen) atoms. The molecule has 0 amide bonds. The second-order valence-corrected chi connectivity index (χ2v) is 16.6. The molecule has 2 heterocycles. The number of para-hydroxylation sites is 3. The van der Waals surface area contributed by atoms with Gasteiger partial charge < -0.3 is 9.71 Å². The fraction of sp³-hybridized carbons (Fsp3) is 0.0690. The van der Waals surface area contributed by atoms with Crippen LogP contribution in [0.5, 0.6) is 0 Å². The molecular formula is C58H45BN2. The SMILES string of the molecule is Cc1cc2c3c(c1)C(Cc1ccc(-c4ccccc4)cc1C)c1ccc(N(c4ccccc4)c4ccccc4)cc1B3N(c1cccc(-c3ccccc3)c1)c1ccccc1-2. The summed E-state index contributed by atoms with van der Waals surface area (Å²) in [5, 5.41) is 0. The molecule has 1 atom stereocenters. The summed E-state index contributed by atoms with van der Waals surface area (Å²) in [4.78, 5) is 5.04. The van der Waals surface area contributed by atoms with Gasteiger partial charge in [0.2, 0.25) is 0 Å². The topological polar surface area (TPSA) is 6.48 Å². The Hall–Kier alpha value is -7.36. The first-order chi connectivity index (χ1) is 30.1. The molecule has 2 aliphatic rings. The lowest BCUT2D eigenvalue weighted by atomic mass is 9.40. The minimum atomic E-state index is -0.0623. The number of rotatable bonds is 8. The molecule has 3 heteroatoms. The van der Waals surface area contributed by atoms with Gasteiger partial charge in [0.05, 0.1) is 0 Å². The van der Waals surface area contributed by atoms with Crippen LogP contribution in [0.2, 0.25) is 0 Å². The fourth-order valence-electron chi connectivity index (χ4n) is 10.1. The first kappa shape index (κ1) is 36.7. The Bertz CT molecular complexity index is 3000. The standard InChI is InChI=1S/C58H45BN2/c1-40-34-54-52-28-15-16-29-57(52)61(50-27-17-22-45(37-50)42-18-7-3-8-19-42)59-56-39-49(60(47-23-11-5-12-24-47)48-25-13-6-14-26-48)32-33-51(56)53(55(35-40)58(54)59)38-44-30-31-46(36-41(44)2)43-20-9-4-10-21-43/h3-37,39,53H,38H2,1-2H3. The van der Waals surface area contributed by atoms with Crippen molar-refractivity contribution in [3.05, 3.63) is 246 Å². The van der Waals surface area contributed by atoms with Gasteiger partial charge in [-0.1, -0.05) is 169 Å². The van der Waals surface area contributed by atoms with Gasteiger partial charge in [0, 0.05) is 39.9 Å². The van der Waals surface area contributed by atoms with Crippen LogP contribution >= 0.6 is 0 Å². The summed E-state index contributed by atoms with van der Waals surface area (Å²) in [6, 6.07) is 80.6. The predicted octanol–water partition coefficient (Wildman–Crippen LogP) is 13.7. The monoisotopic (exact) mass is 780 g/mol. The van der Waals surface area contributed by atoms with Crippen LogP contribution in [-0.2, 0) is 6.42 Å². The van der Waals surface area contributed by atoms with Crippen molar-refractivity contribution < 1.29 is 0 Å². The van der Waals surface area contributed by atoms with Crippen LogP contribution in [-0.4, -0.2) is 6.85 Å². The van der Waals surface area contributed by atoms with Crippen LogP contribution < -0.4 is 20.6 Å². The van der Waals surface area contributed by atoms with E-state index >= 15 is 0 Å². The van der Waals surface area contributed by atoms with Gasteiger partial charge in [-0.15, -0.1) is 0 Å². The van der Waals surface area contributed by atoms with E-state index in [0.29, 0.717) is 0 Å². The van der Waals surface area contributed by atoms with E-state index in [1.54, 1.807) is 0 Å². The predicted molar refractivity (Wildman–Crippen MR) is 259 cm³/mol. The minimum absolute atomic E-state index is 0.0623. The molecule has 2 nitrogen and oxygen atoms in total. The number of fused-ring (bicyclic) bond motifs is 4. The molecule has 0 fully saturated rings. The average molecular weight is 781 g/mol. The number of aryl methyl sites for hydroxylation is 2. The van der Waals surface area contributed by atoms with Crippen molar-refractivity contribution in [2.24, 2.45) is 0 Å². The smallest absolute Gasteiger partial charge is 0.329 e. The lowest BCUT2D eigenvalue weighted by Gasteiger charge is -2.45. The first-order valence-corrected chi connectivity index (χ1v) is 21.5. The maximum Gasteiger partial charge on any atom is 0.329 e. The fourth-order valence-corrected chi connectivity index (χ4v) is 10.1. The Morgan fingerprint density at radius 2 is 1.07 bits per heavy atom. The highest BCUT2D eigenvalue weighted by molar-refractivity contribution is 6.92. The number of hydrogen-bond donors (Lipinski definition) is 0. The Labute approximate surface area is 360 Å². The van der Waals surface area contributed by atoms with Crippen LogP contribution in [0.25, 0.3) is 33.4 Å². The largest absolute Gasteiger partial charge is 0.376 e. The van der Waals surface area contributed by atoms with E-state index in [1.165, 1.54) is 83.5 Å². The van der Waals surface area contributed by atoms with Crippen molar-refractivity contribution in [2.75, 3.05) is 9.71 Å². The van der Waals surface area contributed by atoms with Gasteiger partial charge in [0.15, 0.2) is 0 Å². The van der Waals surface area contributed by atoms with E-state index in [9.17, 15) is 0 Å². The molecule has 11 rings (SSSR count). The number of anilines is 5. The zero-order valence-electron chi connectivity index (χ0n) is 34.5. The molecule has 2 aliphatic heterocycles. The van der Waals surface area contributed by atoms with Gasteiger partial charge in [-0.3, -0.25) is 0 Å². The molecule has 0 N–H and O–H groups in total. The zero-order chi connectivity index (χ0) is 40.9. The summed E-state index contributed by atoms with van der Waals surface area (Å²) in [6.45, 7) is 4.50. The Balaban J connectivity index is 1.15. The van der Waals surface area contributed by atoms with Crippen LogP contribution in [0.3, 0.4) is 0 Å². The third-order valence-electron chi connectivity index (χ3n) is 12.8. The molecule has 1 unspecified atom stereocenters. The molecular weight excluding hydrogens is 735 g/mol. The molecule has 0 bridgehead atoms. The minimum Gasteiger partial charge on any atom is -0.376 e. The second kappa shape index (κ2) is 15.3. The molecule has 0 aromatic heterocycles. The summed E-state index contributed by atoms with van der Waals surface area (Å²) >= 11 is 0. The zero-order valence-corrected chi connectivity index (χ0v) is 34.5. The molecule has 0 radical (unpaired) electrons. The van der Waals surface area contributed by atoms with Crippen molar-refractivity contribution in [1.82, 2.24) is 0 Å². The lowest BCUT2D eigenvalue weighted by Crippen LogP contribution is -2.62. The van der Waals surface area contributed by atoms with Crippen LogP contribution in [0, 0.1) is 13.8 Å². The third kappa shape index (κ3) is 6.54. The molecule has 0 saturated carbocycles. The second-order valence-electron chi connectivity index (χ2n) is 16.6. The van der Waals surface area contributed by atoms with E-state index in [0.717, 1.165) is 23.5 Å². The first-order valence-electron chi connectivity index (χ1n) is 21.5. The van der Waals surface area contributed by atoms with E-state index in [2.05, 4.69) is 242 Å². The van der Waals surface area contributed by atoms with Crippen molar-refractivity contribution in [2.45, 2.75) is 26.2 Å². The maximum atomic E-state index is 2.64. The quantitative estimate of drug-likeness (QED) is 0.142. The normalized spacial score (nSPS) is 13.6. The molecule has 9 aromatic rings. The van der Waals surface area contributed by atoms with Crippen molar-refractivity contribution in [3.8, 4) is 33.4 Å². The summed E-state index contributed by atoms with van der Waals surface area (Å²) in [5.74, 6) is 0.153. The van der Waals surface area contributed by atoms with E-state index < -0.39 is 0 Å². The summed E-state index contributed by atoms with van der Waals surface area (Å²) in [6.07, 6.45) is 0.905. The van der Waals surface area contributed by atoms with Crippen LogP contribution in [0.4, 0.5) is 28.4 Å². The maximum absolute atomic E-state index is 2.64. The van der Waals surface area contributed by atoms with Gasteiger partial charge in [0.1, 0.15) is 0 Å². The molecule has 0 saturated heterocycles. The van der Waals surface area contributed by atoms with E-state index in [-0.39, 0.29) is 12.8 Å². The highest BCUT2D eigenvalue weighted by Crippen LogP contribution is 2.46. The average Bonchev–Trinajstić information content (AvgIpc) is 3.32. The Morgan fingerprint density at radius 1 is 0.459 bits per heavy atom. The Morgan fingerprint density at radius 3 is 1.74 bits per heavy atom. The molecule has 0 spiro atoms. The van der Waals surface area contributed by atoms with Gasteiger partial charge in [-0.2, -0.15) is 0 Å². The third-order valence-corrected chi connectivity index (χ3v) is 12.8. The molecule has 290 valence electrons. The van der Waals surface area contributed by atoms with E-state index in [1.807, 2.05) is 0 Å². The summed E-state index contributed by atoms with van der Waals surface area (Å²) in [5.41, 5.74) is 22.9. The van der Waals surface area contributed by atoms with Crippen molar-refractivity contribution >= 4 is 46.2 Å². The summed E-state index contributed by atoms with van der Waals surface area (Å²) < 4.78 is 0. The Kier molecular flexibility index (Phi) is 9.24. The molecule has 9 aromatic carbocycles. The van der Waals surface area contributed by atoms with Gasteiger partial charge in [0.25, 0.3) is 0 Å². The van der Waals surface area contributed by atoms with Crippen molar-refractivity contribution in [3.63, 3.8) is 0 Å². The molecule has 0 aliphatic carbocycles. The number of benzene rings is 9. The van der Waals surface area contributed by atoms with Crippen molar-refractivity contribution in [1.29, 1.82) is 0 Å². The van der Waals surface area contributed by atoms with Crippen LogP contribution in [0.1, 0.15) is 33.7 Å². The number of nitrogens with zero attached hydrogens (tertiary/aromatic N) is 2. The highest BCUT2D eigenvalue weighted by atomic mass is 15.1. The van der Waals surface area contributed by atoms with Gasteiger partial charge in [-0.05, 0) is 136 Å². The van der Waals surface area contributed by atoms with Crippen LogP contribution in [0.15, 0.2) is 218 Å². The number of hydrogen-bond acceptors (Lipinski definition) is 2. The lowest BCUT2D eigenvalue weighted by molar-refractivity contribution is 0.804. The van der Waals surface area contributed by atoms with Gasteiger partial charge in [-0.25, -0.2) is 0 Å². The van der Waals surface area contributed by atoms with E-state index in [4.69, 9.17) is 0 Å². The summed E-state index contributed by atoms with van der Waals surface area (Å²) in [7, 11) is 0. The van der Waals surface area contributed by atoms with Gasteiger partial charge >= 0.3 is 6.85 Å². The highest BCUT2D eigenvalue weighted by Gasteiger charge is 2.45.